The van der Waals surface area contributed by atoms with E-state index in [1.807, 2.05) is 0 Å². The fourth-order valence-corrected chi connectivity index (χ4v) is 2.18. The maximum absolute atomic E-state index is 10.6. The topological polar surface area (TPSA) is 49.3 Å². The van der Waals surface area contributed by atoms with E-state index in [1.165, 1.54) is 19.3 Å². The second-order valence-electron chi connectivity index (χ2n) is 3.93. The molecule has 2 aliphatic rings. The van der Waals surface area contributed by atoms with Crippen molar-refractivity contribution in [1.82, 2.24) is 5.32 Å². The summed E-state index contributed by atoms with van der Waals surface area (Å²) in [7, 11) is 0. The van der Waals surface area contributed by atoms with Gasteiger partial charge in [0.15, 0.2) is 0 Å². The zero-order valence-electron chi connectivity index (χ0n) is 7.12. The average molecular weight is 169 g/mol. The Labute approximate surface area is 72.2 Å². The molecule has 0 unspecified atom stereocenters. The zero-order valence-corrected chi connectivity index (χ0v) is 7.12. The molecule has 0 radical (unpaired) electrons. The molecule has 0 amide bonds. The van der Waals surface area contributed by atoms with Gasteiger partial charge in [0.25, 0.3) is 0 Å². The fourth-order valence-electron chi connectivity index (χ4n) is 2.18. The predicted octanol–water partition coefficient (Wildman–Crippen LogP) is 0.992. The van der Waals surface area contributed by atoms with Crippen molar-refractivity contribution in [2.45, 2.75) is 44.2 Å². The lowest BCUT2D eigenvalue weighted by molar-refractivity contribution is -0.139. The summed E-state index contributed by atoms with van der Waals surface area (Å²) in [6, 6.07) is 0.232. The Balaban J connectivity index is 1.84. The number of aliphatic carboxylic acids is 1. The number of carbonyl (C=O) groups is 1. The lowest BCUT2D eigenvalue weighted by Gasteiger charge is -2.31. The van der Waals surface area contributed by atoms with Crippen LogP contribution in [-0.4, -0.2) is 23.2 Å². The molecule has 1 saturated heterocycles. The molecule has 2 atom stereocenters. The molecule has 0 aromatic rings. The molecule has 2 N–H and O–H groups in total. The van der Waals surface area contributed by atoms with Gasteiger partial charge >= 0.3 is 5.97 Å². The molecule has 68 valence electrons. The van der Waals surface area contributed by atoms with Crippen molar-refractivity contribution in [2.24, 2.45) is 5.92 Å². The summed E-state index contributed by atoms with van der Waals surface area (Å²) >= 11 is 0. The Morgan fingerprint density at radius 3 is 2.42 bits per heavy atom. The standard InChI is InChI=1S/C9H15NO2/c11-9(12)8-5-4-7(10-8)6-2-1-3-6/h6-8,10H,1-5H2,(H,11,12)/t7-,8+/m0/s1. The number of carboxylic acids is 1. The summed E-state index contributed by atoms with van der Waals surface area (Å²) in [5.74, 6) is 0.0890. The third-order valence-corrected chi connectivity index (χ3v) is 3.20. The van der Waals surface area contributed by atoms with E-state index in [2.05, 4.69) is 5.32 Å². The summed E-state index contributed by atoms with van der Waals surface area (Å²) < 4.78 is 0. The molecule has 3 nitrogen and oxygen atoms in total. The van der Waals surface area contributed by atoms with Crippen LogP contribution in [0.1, 0.15) is 32.1 Å². The van der Waals surface area contributed by atoms with Gasteiger partial charge in [0.05, 0.1) is 0 Å². The Kier molecular flexibility index (Phi) is 2.05. The van der Waals surface area contributed by atoms with E-state index in [4.69, 9.17) is 5.11 Å². The fraction of sp³-hybridized carbons (Fsp3) is 0.889. The number of nitrogens with one attached hydrogen (secondary N) is 1. The highest BCUT2D eigenvalue weighted by Crippen LogP contribution is 2.34. The normalized spacial score (nSPS) is 36.3. The molecule has 1 aliphatic carbocycles. The number of carboxylic acid groups (broad SMARTS) is 1. The minimum atomic E-state index is -0.683. The first-order valence-corrected chi connectivity index (χ1v) is 4.76. The highest BCUT2D eigenvalue weighted by Gasteiger charge is 2.35. The number of hydrogen-bond acceptors (Lipinski definition) is 2. The van der Waals surface area contributed by atoms with Crippen LogP contribution >= 0.6 is 0 Å². The molecule has 1 aliphatic heterocycles. The van der Waals surface area contributed by atoms with Crippen LogP contribution in [0.3, 0.4) is 0 Å². The van der Waals surface area contributed by atoms with E-state index in [9.17, 15) is 4.79 Å². The largest absolute Gasteiger partial charge is 0.480 e. The Hall–Kier alpha value is -0.570. The number of rotatable bonds is 2. The molecule has 2 fully saturated rings. The van der Waals surface area contributed by atoms with Gasteiger partial charge in [-0.25, -0.2) is 0 Å². The van der Waals surface area contributed by atoms with Crippen LogP contribution < -0.4 is 5.32 Å². The van der Waals surface area contributed by atoms with Crippen LogP contribution in [0.25, 0.3) is 0 Å². The molecule has 0 aromatic heterocycles. The van der Waals surface area contributed by atoms with E-state index in [0.717, 1.165) is 18.8 Å². The van der Waals surface area contributed by atoms with Gasteiger partial charge in [-0.1, -0.05) is 6.42 Å². The van der Waals surface area contributed by atoms with E-state index < -0.39 is 5.97 Å². The van der Waals surface area contributed by atoms with Gasteiger partial charge in [-0.15, -0.1) is 0 Å². The molecular weight excluding hydrogens is 154 g/mol. The highest BCUT2D eigenvalue weighted by molar-refractivity contribution is 5.73. The summed E-state index contributed by atoms with van der Waals surface area (Å²) in [5.41, 5.74) is 0. The smallest absolute Gasteiger partial charge is 0.320 e. The quantitative estimate of drug-likeness (QED) is 0.648. The van der Waals surface area contributed by atoms with Gasteiger partial charge in [-0.2, -0.15) is 0 Å². The maximum Gasteiger partial charge on any atom is 0.320 e. The third-order valence-electron chi connectivity index (χ3n) is 3.20. The van der Waals surface area contributed by atoms with Gasteiger partial charge in [0.1, 0.15) is 6.04 Å². The Morgan fingerprint density at radius 2 is 2.00 bits per heavy atom. The molecule has 0 bridgehead atoms. The molecule has 0 spiro atoms. The first-order valence-electron chi connectivity index (χ1n) is 4.76. The number of hydrogen-bond donors (Lipinski definition) is 2. The van der Waals surface area contributed by atoms with Crippen molar-refractivity contribution >= 4 is 5.97 Å². The monoisotopic (exact) mass is 169 g/mol. The average Bonchev–Trinajstić information content (AvgIpc) is 2.32. The van der Waals surface area contributed by atoms with Gasteiger partial charge < -0.3 is 10.4 Å². The molecule has 2 rings (SSSR count). The van der Waals surface area contributed by atoms with Crippen molar-refractivity contribution in [1.29, 1.82) is 0 Å². The lowest BCUT2D eigenvalue weighted by atomic mass is 9.79. The SMILES string of the molecule is O=C(O)[C@H]1CC[C@@H](C2CCC2)N1. The van der Waals surface area contributed by atoms with Crippen LogP contribution in [0.2, 0.25) is 0 Å². The van der Waals surface area contributed by atoms with Crippen LogP contribution in [0.15, 0.2) is 0 Å². The van der Waals surface area contributed by atoms with E-state index in [-0.39, 0.29) is 6.04 Å². The zero-order chi connectivity index (χ0) is 8.55. The first kappa shape index (κ1) is 8.05. The van der Waals surface area contributed by atoms with E-state index >= 15 is 0 Å². The van der Waals surface area contributed by atoms with E-state index in [0.29, 0.717) is 6.04 Å². The van der Waals surface area contributed by atoms with Crippen molar-refractivity contribution in [2.75, 3.05) is 0 Å². The Bertz CT molecular complexity index is 189. The van der Waals surface area contributed by atoms with Crippen LogP contribution in [-0.2, 0) is 4.79 Å². The van der Waals surface area contributed by atoms with Gasteiger partial charge in [0, 0.05) is 6.04 Å². The highest BCUT2D eigenvalue weighted by atomic mass is 16.4. The van der Waals surface area contributed by atoms with Crippen LogP contribution in [0, 0.1) is 5.92 Å². The molecule has 0 aromatic carbocycles. The van der Waals surface area contributed by atoms with Gasteiger partial charge in [-0.05, 0) is 31.6 Å². The maximum atomic E-state index is 10.6. The third kappa shape index (κ3) is 1.33. The van der Waals surface area contributed by atoms with Crippen molar-refractivity contribution in [3.8, 4) is 0 Å². The first-order chi connectivity index (χ1) is 5.77. The predicted molar refractivity (Wildman–Crippen MR) is 44.9 cm³/mol. The van der Waals surface area contributed by atoms with Gasteiger partial charge in [-0.3, -0.25) is 4.79 Å². The molecule has 12 heavy (non-hydrogen) atoms. The molecular formula is C9H15NO2. The van der Waals surface area contributed by atoms with Crippen LogP contribution in [0.5, 0.6) is 0 Å². The second-order valence-corrected chi connectivity index (χ2v) is 3.93. The summed E-state index contributed by atoms with van der Waals surface area (Å²) in [4.78, 5) is 10.6. The van der Waals surface area contributed by atoms with E-state index in [1.54, 1.807) is 0 Å². The Morgan fingerprint density at radius 1 is 1.25 bits per heavy atom. The molecule has 1 saturated carbocycles. The molecule has 1 heterocycles. The van der Waals surface area contributed by atoms with Crippen molar-refractivity contribution in [3.05, 3.63) is 0 Å². The van der Waals surface area contributed by atoms with Crippen LogP contribution in [0.4, 0.5) is 0 Å². The summed E-state index contributed by atoms with van der Waals surface area (Å²) in [6.45, 7) is 0. The summed E-state index contributed by atoms with van der Waals surface area (Å²) in [5, 5.41) is 11.9. The molecule has 3 heteroatoms. The van der Waals surface area contributed by atoms with Crippen molar-refractivity contribution < 1.29 is 9.90 Å². The minimum absolute atomic E-state index is 0.268. The van der Waals surface area contributed by atoms with Gasteiger partial charge in [0.2, 0.25) is 0 Å². The second kappa shape index (κ2) is 3.05. The van der Waals surface area contributed by atoms with Crippen molar-refractivity contribution in [3.63, 3.8) is 0 Å². The minimum Gasteiger partial charge on any atom is -0.480 e. The lowest BCUT2D eigenvalue weighted by Crippen LogP contribution is -2.41. The summed E-state index contributed by atoms with van der Waals surface area (Å²) in [6.07, 6.45) is 5.80.